The van der Waals surface area contributed by atoms with E-state index in [0.717, 1.165) is 16.3 Å². The van der Waals surface area contributed by atoms with Gasteiger partial charge in [-0.25, -0.2) is 14.8 Å². The van der Waals surface area contributed by atoms with Crippen molar-refractivity contribution in [1.29, 1.82) is 0 Å². The van der Waals surface area contributed by atoms with E-state index in [1.54, 1.807) is 19.4 Å². The Morgan fingerprint density at radius 2 is 2.33 bits per heavy atom. The summed E-state index contributed by atoms with van der Waals surface area (Å²) in [6, 6.07) is 0. The van der Waals surface area contributed by atoms with Crippen molar-refractivity contribution in [1.82, 2.24) is 14.5 Å². The summed E-state index contributed by atoms with van der Waals surface area (Å²) in [5, 5.41) is 8.93. The molecule has 0 saturated carbocycles. The van der Waals surface area contributed by atoms with Gasteiger partial charge in [0.15, 0.2) is 0 Å². The molecule has 0 atom stereocenters. The molecule has 0 unspecified atom stereocenters. The average Bonchev–Trinajstić information content (AvgIpc) is 2.71. The Balaban J connectivity index is 2.54. The Kier molecular flexibility index (Phi) is 2.28. The SMILES string of the molecule is Cc1nc(C(=O)O)sc1-c1cncn1C. The Morgan fingerprint density at radius 3 is 2.80 bits per heavy atom. The molecule has 1 N–H and O–H groups in total. The fraction of sp³-hybridized carbons (Fsp3) is 0.222. The van der Waals surface area contributed by atoms with Crippen LogP contribution in [0.4, 0.5) is 0 Å². The van der Waals surface area contributed by atoms with Crippen molar-refractivity contribution in [3.05, 3.63) is 23.2 Å². The van der Waals surface area contributed by atoms with Crippen LogP contribution >= 0.6 is 11.3 Å². The molecule has 0 saturated heterocycles. The lowest BCUT2D eigenvalue weighted by Crippen LogP contribution is -1.93. The number of nitrogens with zero attached hydrogens (tertiary/aromatic N) is 3. The van der Waals surface area contributed by atoms with Gasteiger partial charge in [0.1, 0.15) is 0 Å². The molecular formula is C9H9N3O2S. The summed E-state index contributed by atoms with van der Waals surface area (Å²) in [6.07, 6.45) is 3.38. The smallest absolute Gasteiger partial charge is 0.365 e. The number of aromatic carboxylic acids is 1. The molecule has 2 aromatic rings. The van der Waals surface area contributed by atoms with Gasteiger partial charge in [-0.2, -0.15) is 0 Å². The van der Waals surface area contributed by atoms with E-state index in [9.17, 15) is 4.79 Å². The van der Waals surface area contributed by atoms with Crippen LogP contribution in [0.25, 0.3) is 10.6 Å². The van der Waals surface area contributed by atoms with E-state index in [2.05, 4.69) is 9.97 Å². The summed E-state index contributed by atoms with van der Waals surface area (Å²) in [7, 11) is 1.86. The van der Waals surface area contributed by atoms with Gasteiger partial charge >= 0.3 is 5.97 Å². The third-order valence-corrected chi connectivity index (χ3v) is 3.20. The molecule has 0 aliphatic carbocycles. The van der Waals surface area contributed by atoms with Crippen molar-refractivity contribution < 1.29 is 9.90 Å². The Bertz CT molecular complexity index is 515. The van der Waals surface area contributed by atoms with Crippen molar-refractivity contribution >= 4 is 17.3 Å². The van der Waals surface area contributed by atoms with E-state index in [0.29, 0.717) is 0 Å². The van der Waals surface area contributed by atoms with Gasteiger partial charge in [-0.1, -0.05) is 0 Å². The third-order valence-electron chi connectivity index (χ3n) is 2.03. The maximum atomic E-state index is 10.7. The van der Waals surface area contributed by atoms with Gasteiger partial charge in [0.05, 0.1) is 28.8 Å². The molecule has 0 aliphatic heterocycles. The second-order valence-electron chi connectivity index (χ2n) is 3.13. The number of hydrogen-bond donors (Lipinski definition) is 1. The van der Waals surface area contributed by atoms with E-state index in [-0.39, 0.29) is 5.01 Å². The first kappa shape index (κ1) is 9.85. The monoisotopic (exact) mass is 223 g/mol. The molecular weight excluding hydrogens is 214 g/mol. The second-order valence-corrected chi connectivity index (χ2v) is 4.13. The summed E-state index contributed by atoms with van der Waals surface area (Å²) in [6.45, 7) is 1.80. The Hall–Kier alpha value is -1.69. The zero-order chi connectivity index (χ0) is 11.0. The molecule has 0 radical (unpaired) electrons. The fourth-order valence-corrected chi connectivity index (χ4v) is 2.26. The summed E-state index contributed by atoms with van der Waals surface area (Å²) in [5.74, 6) is -0.989. The maximum absolute atomic E-state index is 10.7. The maximum Gasteiger partial charge on any atom is 0.365 e. The van der Waals surface area contributed by atoms with Gasteiger partial charge in [0.2, 0.25) is 5.01 Å². The number of aryl methyl sites for hydroxylation is 2. The van der Waals surface area contributed by atoms with E-state index in [4.69, 9.17) is 5.11 Å². The molecule has 0 amide bonds. The highest BCUT2D eigenvalue weighted by Gasteiger charge is 2.16. The Labute approximate surface area is 90.0 Å². The quantitative estimate of drug-likeness (QED) is 0.838. The van der Waals surface area contributed by atoms with Crippen molar-refractivity contribution in [2.75, 3.05) is 0 Å². The molecule has 2 aromatic heterocycles. The first-order valence-electron chi connectivity index (χ1n) is 4.27. The predicted molar refractivity (Wildman–Crippen MR) is 56.0 cm³/mol. The standard InChI is InChI=1S/C9H9N3O2S/c1-5-7(6-3-10-4-12(6)2)15-8(11-5)9(13)14/h3-4H,1-2H3,(H,13,14). The van der Waals surface area contributed by atoms with Crippen LogP contribution in [0.15, 0.2) is 12.5 Å². The number of hydrogen-bond acceptors (Lipinski definition) is 4. The topological polar surface area (TPSA) is 68.0 Å². The zero-order valence-corrected chi connectivity index (χ0v) is 9.08. The first-order chi connectivity index (χ1) is 7.09. The number of carboxylic acid groups (broad SMARTS) is 1. The number of carboxylic acids is 1. The third kappa shape index (κ3) is 1.63. The van der Waals surface area contributed by atoms with E-state index in [1.807, 2.05) is 11.6 Å². The molecule has 0 aliphatic rings. The zero-order valence-electron chi connectivity index (χ0n) is 8.26. The highest BCUT2D eigenvalue weighted by molar-refractivity contribution is 7.17. The minimum absolute atomic E-state index is 0.115. The highest BCUT2D eigenvalue weighted by atomic mass is 32.1. The molecule has 5 nitrogen and oxygen atoms in total. The van der Waals surface area contributed by atoms with Crippen molar-refractivity contribution in [2.24, 2.45) is 7.05 Å². The van der Waals surface area contributed by atoms with Crippen LogP contribution in [-0.2, 0) is 7.05 Å². The number of carbonyl (C=O) groups is 1. The van der Waals surface area contributed by atoms with Gasteiger partial charge in [-0.15, -0.1) is 11.3 Å². The van der Waals surface area contributed by atoms with E-state index < -0.39 is 5.97 Å². The van der Waals surface area contributed by atoms with Crippen LogP contribution in [0.3, 0.4) is 0 Å². The summed E-state index contributed by atoms with van der Waals surface area (Å²) in [5.41, 5.74) is 1.61. The minimum atomic E-state index is -0.989. The number of aromatic nitrogens is 3. The molecule has 2 rings (SSSR count). The van der Waals surface area contributed by atoms with Gasteiger partial charge in [-0.05, 0) is 6.92 Å². The van der Waals surface area contributed by atoms with Crippen LogP contribution < -0.4 is 0 Å². The van der Waals surface area contributed by atoms with Crippen molar-refractivity contribution in [2.45, 2.75) is 6.92 Å². The van der Waals surface area contributed by atoms with Crippen LogP contribution in [0, 0.1) is 6.92 Å². The molecule has 0 aromatic carbocycles. The minimum Gasteiger partial charge on any atom is -0.476 e. The second kappa shape index (κ2) is 3.47. The molecule has 78 valence electrons. The molecule has 0 fully saturated rings. The van der Waals surface area contributed by atoms with Gasteiger partial charge in [-0.3, -0.25) is 0 Å². The lowest BCUT2D eigenvalue weighted by atomic mass is 10.3. The average molecular weight is 223 g/mol. The first-order valence-corrected chi connectivity index (χ1v) is 5.08. The number of imidazole rings is 1. The van der Waals surface area contributed by atoms with E-state index in [1.165, 1.54) is 11.3 Å². The summed E-state index contributed by atoms with van der Waals surface area (Å²) >= 11 is 1.17. The van der Waals surface area contributed by atoms with Crippen LogP contribution in [-0.4, -0.2) is 25.6 Å². The highest BCUT2D eigenvalue weighted by Crippen LogP contribution is 2.29. The Morgan fingerprint density at radius 1 is 1.60 bits per heavy atom. The molecule has 15 heavy (non-hydrogen) atoms. The van der Waals surface area contributed by atoms with Crippen LogP contribution in [0.1, 0.15) is 15.5 Å². The lowest BCUT2D eigenvalue weighted by Gasteiger charge is -1.97. The summed E-state index contributed by atoms with van der Waals surface area (Å²) in [4.78, 5) is 19.6. The van der Waals surface area contributed by atoms with Gasteiger partial charge < -0.3 is 9.67 Å². The van der Waals surface area contributed by atoms with Gasteiger partial charge in [0.25, 0.3) is 0 Å². The summed E-state index contributed by atoms with van der Waals surface area (Å²) < 4.78 is 1.84. The molecule has 0 bridgehead atoms. The molecule has 0 spiro atoms. The predicted octanol–water partition coefficient (Wildman–Crippen LogP) is 1.55. The number of rotatable bonds is 2. The van der Waals surface area contributed by atoms with Crippen molar-refractivity contribution in [3.63, 3.8) is 0 Å². The van der Waals surface area contributed by atoms with Crippen LogP contribution in [0.5, 0.6) is 0 Å². The molecule has 6 heteroatoms. The van der Waals surface area contributed by atoms with Gasteiger partial charge in [0, 0.05) is 7.05 Å². The largest absolute Gasteiger partial charge is 0.476 e. The molecule has 2 heterocycles. The number of thiazole rings is 1. The normalized spacial score (nSPS) is 10.5. The van der Waals surface area contributed by atoms with Crippen molar-refractivity contribution in [3.8, 4) is 10.6 Å². The van der Waals surface area contributed by atoms with Crippen LogP contribution in [0.2, 0.25) is 0 Å². The van der Waals surface area contributed by atoms with E-state index >= 15 is 0 Å². The lowest BCUT2D eigenvalue weighted by molar-refractivity contribution is 0.0696. The fourth-order valence-electron chi connectivity index (χ4n) is 1.30.